The maximum atomic E-state index is 12.2. The Morgan fingerprint density at radius 2 is 2.39 bits per heavy atom. The van der Waals surface area contributed by atoms with E-state index < -0.39 is 0 Å². The predicted molar refractivity (Wildman–Crippen MR) is 68.3 cm³/mol. The van der Waals surface area contributed by atoms with Gasteiger partial charge in [-0.2, -0.15) is 5.10 Å². The zero-order valence-corrected chi connectivity index (χ0v) is 11.1. The lowest BCUT2D eigenvalue weighted by atomic mass is 10.1. The molecule has 0 radical (unpaired) electrons. The van der Waals surface area contributed by atoms with Crippen molar-refractivity contribution in [1.82, 2.24) is 15.1 Å². The van der Waals surface area contributed by atoms with Crippen LogP contribution in [0.4, 0.5) is 5.69 Å². The number of nitrogen functional groups attached to an aromatic ring is 1. The Kier molecular flexibility index (Phi) is 3.56. The Balaban J connectivity index is 2.07. The molecule has 3 N–H and O–H groups in total. The molecule has 18 heavy (non-hydrogen) atoms. The highest BCUT2D eigenvalue weighted by Crippen LogP contribution is 2.18. The first-order chi connectivity index (χ1) is 8.50. The van der Waals surface area contributed by atoms with Gasteiger partial charge in [0.15, 0.2) is 0 Å². The largest absolute Gasteiger partial charge is 0.395 e. The van der Waals surface area contributed by atoms with Crippen LogP contribution in [0.5, 0.6) is 0 Å². The van der Waals surface area contributed by atoms with Gasteiger partial charge in [0, 0.05) is 13.7 Å². The molecule has 6 heteroatoms. The minimum Gasteiger partial charge on any atom is -0.395 e. The molecule has 0 aliphatic carbocycles. The van der Waals surface area contributed by atoms with E-state index in [1.807, 2.05) is 6.92 Å². The van der Waals surface area contributed by atoms with Crippen molar-refractivity contribution in [3.8, 4) is 0 Å². The summed E-state index contributed by atoms with van der Waals surface area (Å²) in [5, 5.41) is 7.06. The second kappa shape index (κ2) is 4.97. The number of carbonyl (C=O) groups is 1. The maximum Gasteiger partial charge on any atom is 0.271 e. The smallest absolute Gasteiger partial charge is 0.271 e. The molecule has 0 aromatic carbocycles. The minimum absolute atomic E-state index is 0.0189. The van der Waals surface area contributed by atoms with Crippen LogP contribution in [0.3, 0.4) is 0 Å². The number of rotatable bonds is 3. The van der Waals surface area contributed by atoms with Gasteiger partial charge in [0.2, 0.25) is 0 Å². The molecule has 1 saturated heterocycles. The highest BCUT2D eigenvalue weighted by Gasteiger charge is 2.26. The lowest BCUT2D eigenvalue weighted by molar-refractivity contribution is 0.0707. The molecule has 1 amide bonds. The van der Waals surface area contributed by atoms with E-state index in [4.69, 9.17) is 10.5 Å². The van der Waals surface area contributed by atoms with E-state index in [-0.39, 0.29) is 18.1 Å². The Hall–Kier alpha value is -1.56. The van der Waals surface area contributed by atoms with Gasteiger partial charge >= 0.3 is 0 Å². The van der Waals surface area contributed by atoms with Gasteiger partial charge in [-0.05, 0) is 26.7 Å². The second-order valence-corrected chi connectivity index (χ2v) is 4.78. The third-order valence-corrected chi connectivity index (χ3v) is 3.36. The van der Waals surface area contributed by atoms with Crippen LogP contribution in [0.1, 0.15) is 35.9 Å². The summed E-state index contributed by atoms with van der Waals surface area (Å²) in [5.74, 6) is -0.196. The van der Waals surface area contributed by atoms with Crippen LogP contribution in [-0.2, 0) is 11.8 Å². The number of ether oxygens (including phenoxy) is 1. The van der Waals surface area contributed by atoms with Gasteiger partial charge in [0.25, 0.3) is 5.91 Å². The molecular weight excluding hydrogens is 232 g/mol. The van der Waals surface area contributed by atoms with E-state index in [0.717, 1.165) is 19.4 Å². The Morgan fingerprint density at radius 1 is 1.67 bits per heavy atom. The fourth-order valence-corrected chi connectivity index (χ4v) is 2.31. The van der Waals surface area contributed by atoms with Crippen LogP contribution in [0, 0.1) is 6.92 Å². The molecule has 1 fully saturated rings. The Bertz CT molecular complexity index is 449. The monoisotopic (exact) mass is 252 g/mol. The highest BCUT2D eigenvalue weighted by molar-refractivity contribution is 5.98. The summed E-state index contributed by atoms with van der Waals surface area (Å²) in [6.45, 7) is 4.51. The van der Waals surface area contributed by atoms with E-state index >= 15 is 0 Å². The minimum atomic E-state index is -0.196. The van der Waals surface area contributed by atoms with Crippen LogP contribution in [-0.4, -0.2) is 34.4 Å². The van der Waals surface area contributed by atoms with Crippen LogP contribution in [0.15, 0.2) is 0 Å². The number of amides is 1. The van der Waals surface area contributed by atoms with Crippen molar-refractivity contribution in [2.24, 2.45) is 7.05 Å². The van der Waals surface area contributed by atoms with Crippen molar-refractivity contribution in [2.45, 2.75) is 38.8 Å². The topological polar surface area (TPSA) is 82.2 Å². The molecule has 1 aromatic rings. The molecule has 0 bridgehead atoms. The van der Waals surface area contributed by atoms with Gasteiger partial charge in [0.1, 0.15) is 5.69 Å². The van der Waals surface area contributed by atoms with Crippen molar-refractivity contribution in [3.63, 3.8) is 0 Å². The van der Waals surface area contributed by atoms with Crippen molar-refractivity contribution in [3.05, 3.63) is 11.4 Å². The van der Waals surface area contributed by atoms with E-state index in [1.165, 1.54) is 4.68 Å². The predicted octanol–water partition coefficient (Wildman–Crippen LogP) is 0.608. The number of nitrogens with two attached hydrogens (primary N) is 1. The van der Waals surface area contributed by atoms with Crippen LogP contribution in [0.25, 0.3) is 0 Å². The van der Waals surface area contributed by atoms with Crippen molar-refractivity contribution in [2.75, 3.05) is 12.3 Å². The number of carbonyl (C=O) groups excluding carboxylic acids is 1. The Labute approximate surface area is 106 Å². The van der Waals surface area contributed by atoms with Crippen LogP contribution in [0.2, 0.25) is 0 Å². The molecule has 2 heterocycles. The highest BCUT2D eigenvalue weighted by atomic mass is 16.5. The van der Waals surface area contributed by atoms with E-state index in [9.17, 15) is 4.79 Å². The lowest BCUT2D eigenvalue weighted by Gasteiger charge is -2.20. The second-order valence-electron chi connectivity index (χ2n) is 4.78. The van der Waals surface area contributed by atoms with Gasteiger partial charge < -0.3 is 15.8 Å². The van der Waals surface area contributed by atoms with Crippen LogP contribution < -0.4 is 11.1 Å². The molecule has 6 nitrogen and oxygen atoms in total. The van der Waals surface area contributed by atoms with Crippen molar-refractivity contribution >= 4 is 11.6 Å². The SMILES string of the molecule is Cc1nn(C)c(C(=O)NC(C)C2CCCO2)c1N. The summed E-state index contributed by atoms with van der Waals surface area (Å²) < 4.78 is 7.06. The average molecular weight is 252 g/mol. The number of nitrogens with zero attached hydrogens (tertiary/aromatic N) is 2. The molecule has 0 spiro atoms. The number of hydrogen-bond donors (Lipinski definition) is 2. The normalized spacial score (nSPS) is 20.9. The zero-order chi connectivity index (χ0) is 13.3. The number of aryl methyl sites for hydroxylation is 2. The summed E-state index contributed by atoms with van der Waals surface area (Å²) in [4.78, 5) is 12.2. The quantitative estimate of drug-likeness (QED) is 0.825. The summed E-state index contributed by atoms with van der Waals surface area (Å²) in [7, 11) is 1.72. The fraction of sp³-hybridized carbons (Fsp3) is 0.667. The molecule has 1 aliphatic rings. The maximum absolute atomic E-state index is 12.2. The first kappa shape index (κ1) is 12.9. The molecule has 2 rings (SSSR count). The lowest BCUT2D eigenvalue weighted by Crippen LogP contribution is -2.41. The van der Waals surface area contributed by atoms with E-state index in [0.29, 0.717) is 17.1 Å². The summed E-state index contributed by atoms with van der Waals surface area (Å²) in [5.41, 5.74) is 7.39. The summed E-state index contributed by atoms with van der Waals surface area (Å²) >= 11 is 0. The zero-order valence-electron chi connectivity index (χ0n) is 11.1. The standard InChI is InChI=1S/C12H20N4O2/c1-7(9-5-4-6-18-9)14-12(17)11-10(13)8(2)15-16(11)3/h7,9H,4-6,13H2,1-3H3,(H,14,17). The molecule has 100 valence electrons. The summed E-state index contributed by atoms with van der Waals surface area (Å²) in [6, 6.07) is -0.0189. The molecule has 1 aliphatic heterocycles. The number of hydrogen-bond acceptors (Lipinski definition) is 4. The third-order valence-electron chi connectivity index (χ3n) is 3.36. The third kappa shape index (κ3) is 2.33. The molecule has 2 atom stereocenters. The van der Waals surface area contributed by atoms with Crippen LogP contribution >= 0.6 is 0 Å². The first-order valence-corrected chi connectivity index (χ1v) is 6.22. The van der Waals surface area contributed by atoms with Gasteiger partial charge in [-0.15, -0.1) is 0 Å². The van der Waals surface area contributed by atoms with Crippen molar-refractivity contribution in [1.29, 1.82) is 0 Å². The van der Waals surface area contributed by atoms with Gasteiger partial charge in [-0.25, -0.2) is 0 Å². The summed E-state index contributed by atoms with van der Waals surface area (Å²) in [6.07, 6.45) is 2.14. The molecule has 1 aromatic heterocycles. The molecule has 0 saturated carbocycles. The van der Waals surface area contributed by atoms with E-state index in [1.54, 1.807) is 14.0 Å². The first-order valence-electron chi connectivity index (χ1n) is 6.22. The van der Waals surface area contributed by atoms with Crippen molar-refractivity contribution < 1.29 is 9.53 Å². The van der Waals surface area contributed by atoms with E-state index in [2.05, 4.69) is 10.4 Å². The number of anilines is 1. The number of nitrogens with one attached hydrogen (secondary N) is 1. The Morgan fingerprint density at radius 3 is 2.89 bits per heavy atom. The van der Waals surface area contributed by atoms with Gasteiger partial charge in [-0.1, -0.05) is 0 Å². The van der Waals surface area contributed by atoms with Gasteiger partial charge in [0.05, 0.1) is 23.5 Å². The average Bonchev–Trinajstić information content (AvgIpc) is 2.88. The molecular formula is C12H20N4O2. The number of aromatic nitrogens is 2. The fourth-order valence-electron chi connectivity index (χ4n) is 2.31. The van der Waals surface area contributed by atoms with Gasteiger partial charge in [-0.3, -0.25) is 9.48 Å². The molecule has 2 unspecified atom stereocenters.